The molecule has 2 aromatic carbocycles. The highest BCUT2D eigenvalue weighted by atomic mass is 35.5. The van der Waals surface area contributed by atoms with Gasteiger partial charge in [-0.3, -0.25) is 4.79 Å². The maximum Gasteiger partial charge on any atom is 0.259 e. The van der Waals surface area contributed by atoms with Crippen molar-refractivity contribution < 1.29 is 9.53 Å². The van der Waals surface area contributed by atoms with Crippen molar-refractivity contribution in [3.05, 3.63) is 64.9 Å². The van der Waals surface area contributed by atoms with Gasteiger partial charge < -0.3 is 20.3 Å². The average Bonchev–Trinajstić information content (AvgIpc) is 2.69. The standard InChI is InChI=1S/C21H22ClN5O2/c1-13-23-19(12-20(24-13)27(2)3)25-15-6-8-16(9-7-15)26-21(28)17-11-14(22)5-10-18(17)29-4/h5-12H,1-4H3,(H,26,28)(H,23,24,25). The predicted molar refractivity (Wildman–Crippen MR) is 117 cm³/mol. The van der Waals surface area contributed by atoms with Gasteiger partial charge in [-0.2, -0.15) is 0 Å². The number of carbonyl (C=O) groups is 1. The van der Waals surface area contributed by atoms with Gasteiger partial charge in [0.15, 0.2) is 0 Å². The summed E-state index contributed by atoms with van der Waals surface area (Å²) in [5.74, 6) is 2.35. The number of rotatable bonds is 6. The van der Waals surface area contributed by atoms with E-state index in [0.717, 1.165) is 11.5 Å². The van der Waals surface area contributed by atoms with Crippen LogP contribution in [0.3, 0.4) is 0 Å². The quantitative estimate of drug-likeness (QED) is 0.621. The molecule has 2 N–H and O–H groups in total. The fourth-order valence-corrected chi connectivity index (χ4v) is 2.86. The second kappa shape index (κ2) is 8.79. The van der Waals surface area contributed by atoms with E-state index in [-0.39, 0.29) is 5.91 Å². The molecule has 0 saturated heterocycles. The Kier molecular flexibility index (Phi) is 6.19. The van der Waals surface area contributed by atoms with Crippen molar-refractivity contribution in [2.24, 2.45) is 0 Å². The number of methoxy groups -OCH3 is 1. The molecule has 0 spiro atoms. The second-order valence-corrected chi connectivity index (χ2v) is 6.99. The summed E-state index contributed by atoms with van der Waals surface area (Å²) in [6.07, 6.45) is 0. The molecule has 3 rings (SSSR count). The van der Waals surface area contributed by atoms with Gasteiger partial charge in [0.25, 0.3) is 5.91 Å². The Hall–Kier alpha value is -3.32. The van der Waals surface area contributed by atoms with Crippen LogP contribution in [0.25, 0.3) is 0 Å². The number of halogens is 1. The molecule has 0 saturated carbocycles. The number of amides is 1. The SMILES string of the molecule is COc1ccc(Cl)cc1C(=O)Nc1ccc(Nc2cc(N(C)C)nc(C)n2)cc1. The molecule has 0 aliphatic rings. The lowest BCUT2D eigenvalue weighted by Crippen LogP contribution is -2.13. The lowest BCUT2D eigenvalue weighted by Gasteiger charge is -2.14. The monoisotopic (exact) mass is 411 g/mol. The molecule has 0 fully saturated rings. The number of hydrogen-bond donors (Lipinski definition) is 2. The van der Waals surface area contributed by atoms with Gasteiger partial charge in [0.05, 0.1) is 12.7 Å². The minimum Gasteiger partial charge on any atom is -0.496 e. The number of ether oxygens (including phenoxy) is 1. The maximum atomic E-state index is 12.6. The van der Waals surface area contributed by atoms with Crippen molar-refractivity contribution >= 4 is 40.5 Å². The number of aryl methyl sites for hydroxylation is 1. The van der Waals surface area contributed by atoms with Crippen LogP contribution in [0, 0.1) is 6.92 Å². The summed E-state index contributed by atoms with van der Waals surface area (Å²) in [6.45, 7) is 1.85. The highest BCUT2D eigenvalue weighted by Crippen LogP contribution is 2.25. The van der Waals surface area contributed by atoms with E-state index in [9.17, 15) is 4.79 Å². The molecule has 1 amide bonds. The number of benzene rings is 2. The zero-order chi connectivity index (χ0) is 21.0. The van der Waals surface area contributed by atoms with Crippen molar-refractivity contribution in [3.8, 4) is 5.75 Å². The Morgan fingerprint density at radius 1 is 1.03 bits per heavy atom. The number of anilines is 4. The van der Waals surface area contributed by atoms with Gasteiger partial charge in [-0.05, 0) is 49.4 Å². The molecular formula is C21H22ClN5O2. The van der Waals surface area contributed by atoms with Gasteiger partial charge in [-0.25, -0.2) is 9.97 Å². The van der Waals surface area contributed by atoms with Crippen molar-refractivity contribution in [1.29, 1.82) is 0 Å². The molecule has 0 aliphatic heterocycles. The predicted octanol–water partition coefficient (Wildman–Crippen LogP) is 4.51. The van der Waals surface area contributed by atoms with E-state index < -0.39 is 0 Å². The molecule has 29 heavy (non-hydrogen) atoms. The van der Waals surface area contributed by atoms with Crippen LogP contribution in [0.2, 0.25) is 5.02 Å². The van der Waals surface area contributed by atoms with E-state index in [0.29, 0.717) is 33.7 Å². The molecule has 8 heteroatoms. The summed E-state index contributed by atoms with van der Waals surface area (Å²) in [6, 6.07) is 14.1. The molecule has 0 aliphatic carbocycles. The maximum absolute atomic E-state index is 12.6. The van der Waals surface area contributed by atoms with Crippen molar-refractivity contribution in [2.45, 2.75) is 6.92 Å². The second-order valence-electron chi connectivity index (χ2n) is 6.55. The molecule has 7 nitrogen and oxygen atoms in total. The first-order valence-electron chi connectivity index (χ1n) is 8.90. The van der Waals surface area contributed by atoms with Crippen LogP contribution in [0.5, 0.6) is 5.75 Å². The topological polar surface area (TPSA) is 79.4 Å². The van der Waals surface area contributed by atoms with Crippen LogP contribution in [0.1, 0.15) is 16.2 Å². The van der Waals surface area contributed by atoms with E-state index in [1.54, 1.807) is 30.3 Å². The first-order chi connectivity index (χ1) is 13.9. The van der Waals surface area contributed by atoms with Crippen molar-refractivity contribution in [1.82, 2.24) is 9.97 Å². The molecule has 0 atom stereocenters. The number of nitrogens with zero attached hydrogens (tertiary/aromatic N) is 3. The Labute approximate surface area is 174 Å². The van der Waals surface area contributed by atoms with Crippen LogP contribution in [-0.4, -0.2) is 37.1 Å². The third-order valence-corrected chi connectivity index (χ3v) is 4.34. The lowest BCUT2D eigenvalue weighted by atomic mass is 10.1. The normalized spacial score (nSPS) is 10.4. The van der Waals surface area contributed by atoms with E-state index in [4.69, 9.17) is 16.3 Å². The summed E-state index contributed by atoms with van der Waals surface area (Å²) in [5.41, 5.74) is 1.86. The molecular weight excluding hydrogens is 390 g/mol. The Bertz CT molecular complexity index is 1020. The van der Waals surface area contributed by atoms with Gasteiger partial charge in [0.1, 0.15) is 23.2 Å². The molecule has 0 radical (unpaired) electrons. The highest BCUT2D eigenvalue weighted by Gasteiger charge is 2.13. The Morgan fingerprint density at radius 3 is 2.38 bits per heavy atom. The summed E-state index contributed by atoms with van der Waals surface area (Å²) < 4.78 is 5.24. The summed E-state index contributed by atoms with van der Waals surface area (Å²) in [7, 11) is 5.37. The van der Waals surface area contributed by atoms with Gasteiger partial charge >= 0.3 is 0 Å². The minimum atomic E-state index is -0.299. The van der Waals surface area contributed by atoms with E-state index in [1.807, 2.05) is 44.1 Å². The third kappa shape index (κ3) is 5.14. The number of carbonyl (C=O) groups excluding carboxylic acids is 1. The van der Waals surface area contributed by atoms with Gasteiger partial charge in [-0.15, -0.1) is 0 Å². The fourth-order valence-electron chi connectivity index (χ4n) is 2.69. The first kappa shape index (κ1) is 20.4. The molecule has 3 aromatic rings. The molecule has 0 unspecified atom stereocenters. The number of aromatic nitrogens is 2. The van der Waals surface area contributed by atoms with Crippen molar-refractivity contribution in [2.75, 3.05) is 36.7 Å². The van der Waals surface area contributed by atoms with Crippen molar-refractivity contribution in [3.63, 3.8) is 0 Å². The number of nitrogens with one attached hydrogen (secondary N) is 2. The van der Waals surface area contributed by atoms with Gasteiger partial charge in [0, 0.05) is 36.6 Å². The largest absolute Gasteiger partial charge is 0.496 e. The summed E-state index contributed by atoms with van der Waals surface area (Å²) in [4.78, 5) is 23.3. The zero-order valence-corrected chi connectivity index (χ0v) is 17.4. The smallest absolute Gasteiger partial charge is 0.259 e. The molecule has 0 bridgehead atoms. The van der Waals surface area contributed by atoms with E-state index >= 15 is 0 Å². The molecule has 1 heterocycles. The summed E-state index contributed by atoms with van der Waals surface area (Å²) >= 11 is 6.00. The Balaban J connectivity index is 1.73. The lowest BCUT2D eigenvalue weighted by molar-refractivity contribution is 0.102. The molecule has 1 aromatic heterocycles. The zero-order valence-electron chi connectivity index (χ0n) is 16.7. The van der Waals surface area contributed by atoms with Crippen LogP contribution in [-0.2, 0) is 0 Å². The average molecular weight is 412 g/mol. The van der Waals surface area contributed by atoms with Gasteiger partial charge in [-0.1, -0.05) is 11.6 Å². The summed E-state index contributed by atoms with van der Waals surface area (Å²) in [5, 5.41) is 6.56. The number of hydrogen-bond acceptors (Lipinski definition) is 6. The fraction of sp³-hybridized carbons (Fsp3) is 0.190. The van der Waals surface area contributed by atoms with E-state index in [1.165, 1.54) is 7.11 Å². The minimum absolute atomic E-state index is 0.299. The van der Waals surface area contributed by atoms with Crippen LogP contribution in [0.15, 0.2) is 48.5 Å². The molecule has 150 valence electrons. The first-order valence-corrected chi connectivity index (χ1v) is 9.28. The van der Waals surface area contributed by atoms with Crippen LogP contribution in [0.4, 0.5) is 23.0 Å². The van der Waals surface area contributed by atoms with E-state index in [2.05, 4.69) is 20.6 Å². The van der Waals surface area contributed by atoms with Gasteiger partial charge in [0.2, 0.25) is 0 Å². The third-order valence-electron chi connectivity index (χ3n) is 4.10. The van der Waals surface area contributed by atoms with Crippen LogP contribution >= 0.6 is 11.6 Å². The highest BCUT2D eigenvalue weighted by molar-refractivity contribution is 6.31. The van der Waals surface area contributed by atoms with Crippen LogP contribution < -0.4 is 20.3 Å². The Morgan fingerprint density at radius 2 is 1.72 bits per heavy atom.